The van der Waals surface area contributed by atoms with E-state index in [0.717, 1.165) is 21.6 Å². The van der Waals surface area contributed by atoms with E-state index in [1.807, 2.05) is 0 Å². The second-order valence-electron chi connectivity index (χ2n) is 8.11. The van der Waals surface area contributed by atoms with Crippen molar-refractivity contribution in [2.45, 2.75) is 6.54 Å². The predicted octanol–water partition coefficient (Wildman–Crippen LogP) is 4.10. The summed E-state index contributed by atoms with van der Waals surface area (Å²) in [5.74, 6) is -2.04. The summed E-state index contributed by atoms with van der Waals surface area (Å²) in [5, 5.41) is 6.69. The van der Waals surface area contributed by atoms with Gasteiger partial charge >= 0.3 is 0 Å². The first kappa shape index (κ1) is 26.2. The van der Waals surface area contributed by atoms with Gasteiger partial charge in [0.15, 0.2) is 0 Å². The third-order valence-corrected chi connectivity index (χ3v) is 6.46. The molecule has 9 nitrogen and oxygen atoms in total. The van der Waals surface area contributed by atoms with E-state index in [2.05, 4.69) is 37.6 Å². The molecule has 0 saturated heterocycles. The topological polar surface area (TPSA) is 115 Å². The number of aryl methyl sites for hydroxylation is 1. The molecule has 0 fully saturated rings. The van der Waals surface area contributed by atoms with Crippen molar-refractivity contribution in [3.63, 3.8) is 0 Å². The Hall–Kier alpha value is -3.84. The van der Waals surface area contributed by atoms with Crippen molar-refractivity contribution in [1.29, 1.82) is 0 Å². The molecule has 0 bridgehead atoms. The molecule has 2 heterocycles. The summed E-state index contributed by atoms with van der Waals surface area (Å²) >= 11 is 3.15. The largest absolute Gasteiger partial charge is 0.350 e. The van der Waals surface area contributed by atoms with Gasteiger partial charge in [-0.1, -0.05) is 34.1 Å². The average molecular weight is 592 g/mol. The Morgan fingerprint density at radius 1 is 1.14 bits per heavy atom. The Kier molecular flexibility index (Phi) is 7.02. The number of benzene rings is 2. The maximum absolute atomic E-state index is 15.4. The van der Waals surface area contributed by atoms with Gasteiger partial charge in [-0.15, -0.1) is 6.58 Å². The van der Waals surface area contributed by atoms with E-state index in [0.29, 0.717) is 10.0 Å². The summed E-state index contributed by atoms with van der Waals surface area (Å²) in [6, 6.07) is 10.1. The number of allylic oxidation sites excluding steroid dienone is 1. The molecule has 37 heavy (non-hydrogen) atoms. The summed E-state index contributed by atoms with van der Waals surface area (Å²) in [6.45, 7) is 3.56. The lowest BCUT2D eigenvalue weighted by Crippen LogP contribution is -2.30. The third-order valence-electron chi connectivity index (χ3n) is 5.36. The zero-order valence-electron chi connectivity index (χ0n) is 19.5. The number of nitrogens with zero attached hydrogens (tertiary/aromatic N) is 3. The number of rotatable bonds is 7. The van der Waals surface area contributed by atoms with Gasteiger partial charge in [0.05, 0.1) is 35.1 Å². The fraction of sp³-hybridized carbons (Fsp3) is 0.125. The van der Waals surface area contributed by atoms with Crippen molar-refractivity contribution in [1.82, 2.24) is 14.3 Å². The highest BCUT2D eigenvalue weighted by Crippen LogP contribution is 2.32. The van der Waals surface area contributed by atoms with E-state index in [9.17, 15) is 22.4 Å². The highest BCUT2D eigenvalue weighted by Gasteiger charge is 2.24. The highest BCUT2D eigenvalue weighted by atomic mass is 79.9. The second kappa shape index (κ2) is 9.90. The molecule has 0 atom stereocenters. The average Bonchev–Trinajstić information content (AvgIpc) is 2.82. The molecule has 4 rings (SSSR count). The van der Waals surface area contributed by atoms with Crippen LogP contribution in [-0.4, -0.2) is 29.0 Å². The Labute approximate surface area is 218 Å². The van der Waals surface area contributed by atoms with Crippen LogP contribution in [0.2, 0.25) is 0 Å². The lowest BCUT2D eigenvalue weighted by atomic mass is 10.1. The van der Waals surface area contributed by atoms with Crippen LogP contribution in [0.3, 0.4) is 0 Å². The molecular formula is C24H20BrF2N5O4S. The number of pyridine rings is 1. The maximum atomic E-state index is 15.4. The predicted molar refractivity (Wildman–Crippen MR) is 143 cm³/mol. The molecule has 0 unspecified atom stereocenters. The van der Waals surface area contributed by atoms with E-state index < -0.39 is 38.5 Å². The molecule has 0 radical (unpaired) electrons. The van der Waals surface area contributed by atoms with E-state index in [4.69, 9.17) is 0 Å². The van der Waals surface area contributed by atoms with Gasteiger partial charge in [-0.25, -0.2) is 17.5 Å². The molecule has 13 heteroatoms. The molecule has 2 N–H and O–H groups in total. The first-order chi connectivity index (χ1) is 17.4. The van der Waals surface area contributed by atoms with Gasteiger partial charge in [0.25, 0.3) is 11.1 Å². The number of anilines is 3. The highest BCUT2D eigenvalue weighted by molar-refractivity contribution is 9.10. The van der Waals surface area contributed by atoms with Gasteiger partial charge in [0.2, 0.25) is 15.8 Å². The van der Waals surface area contributed by atoms with Crippen LogP contribution in [0.5, 0.6) is 0 Å². The minimum atomic E-state index is -3.60. The fourth-order valence-corrected chi connectivity index (χ4v) is 4.70. The van der Waals surface area contributed by atoms with Crippen LogP contribution in [0, 0.1) is 11.6 Å². The van der Waals surface area contributed by atoms with Crippen LogP contribution in [-0.2, 0) is 23.6 Å². The van der Waals surface area contributed by atoms with Gasteiger partial charge in [-0.2, -0.15) is 9.49 Å². The third kappa shape index (κ3) is 5.18. The van der Waals surface area contributed by atoms with Gasteiger partial charge in [-0.05, 0) is 30.3 Å². The minimum absolute atomic E-state index is 0.0340. The van der Waals surface area contributed by atoms with Crippen LogP contribution in [0.15, 0.2) is 69.2 Å². The van der Waals surface area contributed by atoms with Crippen LogP contribution in [0.4, 0.5) is 25.8 Å². The van der Waals surface area contributed by atoms with Gasteiger partial charge < -0.3 is 9.88 Å². The Morgan fingerprint density at radius 2 is 1.86 bits per heavy atom. The molecule has 0 spiro atoms. The van der Waals surface area contributed by atoms with Crippen LogP contribution in [0.25, 0.3) is 22.2 Å². The molecule has 0 amide bonds. The molecule has 192 valence electrons. The summed E-state index contributed by atoms with van der Waals surface area (Å²) in [5.41, 5.74) is -1.92. The molecule has 4 aromatic rings. The number of halogens is 3. The first-order valence-electron chi connectivity index (χ1n) is 10.7. The Morgan fingerprint density at radius 3 is 2.51 bits per heavy atom. The molecule has 2 aromatic carbocycles. The smallest absolute Gasteiger partial charge is 0.289 e. The summed E-state index contributed by atoms with van der Waals surface area (Å²) in [4.78, 5) is 26.4. The van der Waals surface area contributed by atoms with Crippen molar-refractivity contribution >= 4 is 53.9 Å². The number of nitrogens with one attached hydrogen (secondary N) is 2. The van der Waals surface area contributed by atoms with Crippen molar-refractivity contribution < 1.29 is 17.2 Å². The van der Waals surface area contributed by atoms with Gasteiger partial charge in [0.1, 0.15) is 11.5 Å². The molecule has 0 saturated carbocycles. The van der Waals surface area contributed by atoms with E-state index in [1.165, 1.54) is 37.4 Å². The Balaban J connectivity index is 2.10. The molecule has 0 aliphatic carbocycles. The fourth-order valence-electron chi connectivity index (χ4n) is 3.81. The SMILES string of the molecule is C=CCn1nc(-c2cccc(NS(C)(=O)=O)c2)c2c(c(Nc3ccc(Br)cc3F)c(F)c(=O)n2C)c1=O. The molecular weight excluding hydrogens is 572 g/mol. The number of hydrogen-bond donors (Lipinski definition) is 2. The first-order valence-corrected chi connectivity index (χ1v) is 13.3. The zero-order chi connectivity index (χ0) is 27.1. The standard InChI is InChI=1S/C24H20BrF2N5O4S/c1-4-10-32-23(33)18-21(28-17-9-8-14(25)12-16(17)26)19(27)24(34)31(2)22(18)20(29-32)13-6-5-7-15(11-13)30-37(3,35)36/h4-9,11-12,28,30H,1,10H2,2-3H3. The van der Waals surface area contributed by atoms with E-state index >= 15 is 4.39 Å². The van der Waals surface area contributed by atoms with Crippen LogP contribution >= 0.6 is 15.9 Å². The van der Waals surface area contributed by atoms with Crippen LogP contribution < -0.4 is 21.2 Å². The van der Waals surface area contributed by atoms with Crippen molar-refractivity contribution in [2.24, 2.45) is 7.05 Å². The number of sulfonamides is 1. The lowest BCUT2D eigenvalue weighted by Gasteiger charge is -2.18. The molecule has 0 aliphatic rings. The zero-order valence-corrected chi connectivity index (χ0v) is 22.0. The quantitative estimate of drug-likeness (QED) is 0.313. The molecule has 2 aromatic heterocycles. The van der Waals surface area contributed by atoms with Crippen LogP contribution in [0.1, 0.15) is 0 Å². The number of fused-ring (bicyclic) bond motifs is 1. The Bertz CT molecular complexity index is 1800. The van der Waals surface area contributed by atoms with Crippen molar-refractivity contribution in [3.8, 4) is 11.3 Å². The van der Waals surface area contributed by atoms with E-state index in [1.54, 1.807) is 12.1 Å². The minimum Gasteiger partial charge on any atom is -0.350 e. The maximum Gasteiger partial charge on any atom is 0.289 e. The normalized spacial score (nSPS) is 11.5. The summed E-state index contributed by atoms with van der Waals surface area (Å²) in [6.07, 6.45) is 2.40. The number of aromatic nitrogens is 3. The van der Waals surface area contributed by atoms with Gasteiger partial charge in [0, 0.05) is 22.8 Å². The second-order valence-corrected chi connectivity index (χ2v) is 10.8. The van der Waals surface area contributed by atoms with Crippen molar-refractivity contribution in [2.75, 3.05) is 16.3 Å². The monoisotopic (exact) mass is 591 g/mol. The number of hydrogen-bond acceptors (Lipinski definition) is 6. The molecule has 0 aliphatic heterocycles. The lowest BCUT2D eigenvalue weighted by molar-refractivity contribution is 0.597. The summed E-state index contributed by atoms with van der Waals surface area (Å²) < 4.78 is 58.2. The summed E-state index contributed by atoms with van der Waals surface area (Å²) in [7, 11) is -2.33. The van der Waals surface area contributed by atoms with Crippen molar-refractivity contribution in [3.05, 3.63) is 91.9 Å². The van der Waals surface area contributed by atoms with E-state index in [-0.39, 0.29) is 34.5 Å². The van der Waals surface area contributed by atoms with Gasteiger partial charge in [-0.3, -0.25) is 14.3 Å².